The molecule has 0 atom stereocenters. The van der Waals surface area contributed by atoms with Gasteiger partial charge in [0.2, 0.25) is 0 Å². The number of barbiturate groups is 1. The van der Waals surface area contributed by atoms with Crippen LogP contribution in [0.15, 0.2) is 54.1 Å². The first-order chi connectivity index (χ1) is 11.5. The fraction of sp³-hybridized carbons (Fsp3) is 0. The molecule has 120 valence electrons. The quantitative estimate of drug-likeness (QED) is 0.656. The molecule has 1 fully saturated rings. The number of imide groups is 2. The van der Waals surface area contributed by atoms with Gasteiger partial charge >= 0.3 is 6.03 Å². The molecule has 1 aliphatic rings. The lowest BCUT2D eigenvalue weighted by Crippen LogP contribution is -2.54. The molecule has 0 aliphatic carbocycles. The predicted molar refractivity (Wildman–Crippen MR) is 91.9 cm³/mol. The van der Waals surface area contributed by atoms with E-state index in [0.717, 1.165) is 4.90 Å². The van der Waals surface area contributed by atoms with E-state index in [-0.39, 0.29) is 16.3 Å². The van der Waals surface area contributed by atoms with Gasteiger partial charge in [0.15, 0.2) is 0 Å². The summed E-state index contributed by atoms with van der Waals surface area (Å²) >= 11 is 11.8. The van der Waals surface area contributed by atoms with Gasteiger partial charge < -0.3 is 0 Å². The first-order valence-corrected chi connectivity index (χ1v) is 7.64. The molecule has 1 N–H and O–H groups in total. The molecule has 1 heterocycles. The topological polar surface area (TPSA) is 66.5 Å². The van der Waals surface area contributed by atoms with Crippen molar-refractivity contribution in [3.05, 3.63) is 69.7 Å². The van der Waals surface area contributed by atoms with Gasteiger partial charge in [0.25, 0.3) is 11.8 Å². The summed E-state index contributed by atoms with van der Waals surface area (Å²) in [5.74, 6) is -1.48. The maximum atomic E-state index is 12.6. The van der Waals surface area contributed by atoms with E-state index in [2.05, 4.69) is 5.32 Å². The molecule has 2 aromatic carbocycles. The van der Waals surface area contributed by atoms with Crippen LogP contribution >= 0.6 is 23.2 Å². The fourth-order valence-electron chi connectivity index (χ4n) is 2.23. The second kappa shape index (κ2) is 6.47. The Morgan fingerprint density at radius 3 is 2.29 bits per heavy atom. The van der Waals surface area contributed by atoms with Gasteiger partial charge in [-0.3, -0.25) is 14.9 Å². The first-order valence-electron chi connectivity index (χ1n) is 6.89. The Morgan fingerprint density at radius 2 is 1.62 bits per heavy atom. The van der Waals surface area contributed by atoms with E-state index in [1.807, 2.05) is 6.07 Å². The van der Waals surface area contributed by atoms with Crippen LogP contribution < -0.4 is 10.2 Å². The zero-order chi connectivity index (χ0) is 17.3. The average molecular weight is 361 g/mol. The van der Waals surface area contributed by atoms with Crippen molar-refractivity contribution in [2.45, 2.75) is 0 Å². The van der Waals surface area contributed by atoms with Gasteiger partial charge in [-0.25, -0.2) is 9.69 Å². The standard InChI is InChI=1S/C17H10Cl2N2O3/c18-13-7-6-11(9-14(13)19)21-16(23)12(15(22)20-17(21)24)8-10-4-2-1-3-5-10/h1-9H,(H,20,22,24). The number of anilines is 1. The number of carbonyl (C=O) groups is 3. The molecule has 1 saturated heterocycles. The van der Waals surface area contributed by atoms with E-state index >= 15 is 0 Å². The van der Waals surface area contributed by atoms with Crippen molar-refractivity contribution >= 4 is 52.8 Å². The van der Waals surface area contributed by atoms with Crippen LogP contribution in [-0.2, 0) is 9.59 Å². The number of halogens is 2. The summed E-state index contributed by atoms with van der Waals surface area (Å²) in [6.45, 7) is 0. The summed E-state index contributed by atoms with van der Waals surface area (Å²) in [6.07, 6.45) is 1.43. The molecule has 7 heteroatoms. The fourth-order valence-corrected chi connectivity index (χ4v) is 2.52. The molecular weight excluding hydrogens is 351 g/mol. The van der Waals surface area contributed by atoms with Gasteiger partial charge in [0.05, 0.1) is 15.7 Å². The Labute approximate surface area is 147 Å². The highest BCUT2D eigenvalue weighted by atomic mass is 35.5. The van der Waals surface area contributed by atoms with Gasteiger partial charge in [-0.15, -0.1) is 0 Å². The van der Waals surface area contributed by atoms with E-state index in [9.17, 15) is 14.4 Å². The SMILES string of the molecule is O=C1NC(=O)N(c2ccc(Cl)c(Cl)c2)C(=O)C1=Cc1ccccc1. The van der Waals surface area contributed by atoms with Crippen molar-refractivity contribution < 1.29 is 14.4 Å². The number of benzene rings is 2. The Kier molecular flexibility index (Phi) is 4.38. The molecule has 0 unspecified atom stereocenters. The molecule has 0 bridgehead atoms. The zero-order valence-corrected chi connectivity index (χ0v) is 13.6. The number of nitrogens with one attached hydrogen (secondary N) is 1. The maximum absolute atomic E-state index is 12.6. The number of nitrogens with zero attached hydrogens (tertiary/aromatic N) is 1. The minimum atomic E-state index is -0.839. The molecule has 1 aliphatic heterocycles. The Balaban J connectivity index is 2.03. The van der Waals surface area contributed by atoms with Crippen molar-refractivity contribution in [1.82, 2.24) is 5.32 Å². The predicted octanol–water partition coefficient (Wildman–Crippen LogP) is 3.66. The Morgan fingerprint density at radius 1 is 0.917 bits per heavy atom. The van der Waals surface area contributed by atoms with Crippen LogP contribution in [0, 0.1) is 0 Å². The maximum Gasteiger partial charge on any atom is 0.335 e. The summed E-state index contributed by atoms with van der Waals surface area (Å²) in [7, 11) is 0. The van der Waals surface area contributed by atoms with Gasteiger partial charge in [-0.05, 0) is 29.8 Å². The lowest BCUT2D eigenvalue weighted by Gasteiger charge is -2.26. The van der Waals surface area contributed by atoms with E-state index in [4.69, 9.17) is 23.2 Å². The number of amides is 4. The van der Waals surface area contributed by atoms with Gasteiger partial charge in [0.1, 0.15) is 5.57 Å². The molecule has 0 aromatic heterocycles. The molecule has 4 amide bonds. The summed E-state index contributed by atoms with van der Waals surface area (Å²) in [4.78, 5) is 37.6. The van der Waals surface area contributed by atoms with Crippen LogP contribution in [-0.4, -0.2) is 17.8 Å². The van der Waals surface area contributed by atoms with E-state index < -0.39 is 17.8 Å². The highest BCUT2D eigenvalue weighted by Gasteiger charge is 2.36. The molecule has 3 rings (SSSR count). The first kappa shape index (κ1) is 16.2. The zero-order valence-electron chi connectivity index (χ0n) is 12.1. The third kappa shape index (κ3) is 3.04. The number of rotatable bonds is 2. The van der Waals surface area contributed by atoms with Gasteiger partial charge in [0, 0.05) is 0 Å². The van der Waals surface area contributed by atoms with Crippen LogP contribution in [0.5, 0.6) is 0 Å². The minimum absolute atomic E-state index is 0.146. The van der Waals surface area contributed by atoms with Crippen LogP contribution in [0.1, 0.15) is 5.56 Å². The van der Waals surface area contributed by atoms with E-state index in [0.29, 0.717) is 10.6 Å². The summed E-state index contributed by atoms with van der Waals surface area (Å²) in [5, 5.41) is 2.63. The largest absolute Gasteiger partial charge is 0.335 e. The molecule has 5 nitrogen and oxygen atoms in total. The Bertz CT molecular complexity index is 879. The normalized spacial score (nSPS) is 16.5. The van der Waals surface area contributed by atoms with Crippen LogP contribution in [0.4, 0.5) is 10.5 Å². The van der Waals surface area contributed by atoms with E-state index in [1.165, 1.54) is 24.3 Å². The molecule has 0 radical (unpaired) electrons. The number of hydrogen-bond donors (Lipinski definition) is 1. The van der Waals surface area contributed by atoms with E-state index in [1.54, 1.807) is 24.3 Å². The third-order valence-corrected chi connectivity index (χ3v) is 4.11. The summed E-state index contributed by atoms with van der Waals surface area (Å²) < 4.78 is 0. The molecule has 0 spiro atoms. The lowest BCUT2D eigenvalue weighted by molar-refractivity contribution is -0.122. The number of urea groups is 1. The van der Waals surface area contributed by atoms with Crippen molar-refractivity contribution in [3.63, 3.8) is 0 Å². The Hall–Kier alpha value is -2.63. The van der Waals surface area contributed by atoms with Crippen molar-refractivity contribution in [2.75, 3.05) is 4.90 Å². The number of hydrogen-bond acceptors (Lipinski definition) is 3. The molecule has 0 saturated carbocycles. The van der Waals surface area contributed by atoms with Crippen LogP contribution in [0.25, 0.3) is 6.08 Å². The molecule has 2 aromatic rings. The number of carbonyl (C=O) groups excluding carboxylic acids is 3. The third-order valence-electron chi connectivity index (χ3n) is 3.37. The highest BCUT2D eigenvalue weighted by molar-refractivity contribution is 6.43. The molecular formula is C17H10Cl2N2O3. The van der Waals surface area contributed by atoms with Gasteiger partial charge in [-0.1, -0.05) is 53.5 Å². The van der Waals surface area contributed by atoms with Gasteiger partial charge in [-0.2, -0.15) is 0 Å². The lowest BCUT2D eigenvalue weighted by atomic mass is 10.1. The monoisotopic (exact) mass is 360 g/mol. The summed E-state index contributed by atoms with van der Waals surface area (Å²) in [5.41, 5.74) is 0.740. The summed E-state index contributed by atoms with van der Waals surface area (Å²) in [6, 6.07) is 12.3. The van der Waals surface area contributed by atoms with Crippen LogP contribution in [0.3, 0.4) is 0 Å². The molecule has 24 heavy (non-hydrogen) atoms. The average Bonchev–Trinajstić information content (AvgIpc) is 2.55. The van der Waals surface area contributed by atoms with Crippen molar-refractivity contribution in [1.29, 1.82) is 0 Å². The van der Waals surface area contributed by atoms with Crippen molar-refractivity contribution in [2.24, 2.45) is 0 Å². The second-order valence-electron chi connectivity index (χ2n) is 4.97. The smallest absolute Gasteiger partial charge is 0.273 e. The second-order valence-corrected chi connectivity index (χ2v) is 5.78. The highest BCUT2D eigenvalue weighted by Crippen LogP contribution is 2.29. The van der Waals surface area contributed by atoms with Crippen LogP contribution in [0.2, 0.25) is 10.0 Å². The van der Waals surface area contributed by atoms with Crippen molar-refractivity contribution in [3.8, 4) is 0 Å². The minimum Gasteiger partial charge on any atom is -0.273 e.